The number of hydrogen-bond donors (Lipinski definition) is 24. The fraction of sp³-hybridized carbons (Fsp3) is 0.896. The monoisotopic (exact) mass is 1290 g/mol. The number of hydrogen-bond acceptors (Lipinski definition) is 35. The number of carboxylic acids is 2. The fourth-order valence-corrected chi connectivity index (χ4v) is 11.0. The highest BCUT2D eigenvalue weighted by molar-refractivity contribution is 5.77. The Labute approximate surface area is 496 Å². The molecule has 0 saturated carbocycles. The Morgan fingerprint density at radius 1 is 0.477 bits per heavy atom. The van der Waals surface area contributed by atoms with Crippen LogP contribution in [-0.2, 0) is 76.1 Å². The van der Waals surface area contributed by atoms with Gasteiger partial charge in [-0.25, -0.2) is 9.59 Å². The summed E-state index contributed by atoms with van der Waals surface area (Å²) >= 11 is 0. The van der Waals surface area contributed by atoms with Crippen molar-refractivity contribution in [3.05, 3.63) is 0 Å². The normalized spacial score (nSPS) is 44.6. The van der Waals surface area contributed by atoms with Crippen LogP contribution in [0, 0.1) is 0 Å². The molecule has 0 aliphatic carbocycles. The van der Waals surface area contributed by atoms with Crippen molar-refractivity contribution in [3.63, 3.8) is 0 Å². The second kappa shape index (κ2) is 30.7. The zero-order chi connectivity index (χ0) is 65.8. The molecular formula is C48H79N3O37. The highest BCUT2D eigenvalue weighted by Gasteiger charge is 2.62. The number of carbonyl (C=O) groups is 5. The van der Waals surface area contributed by atoms with Crippen LogP contribution in [-0.4, -0.2) is 372 Å². The first-order valence-electron chi connectivity index (χ1n) is 27.4. The van der Waals surface area contributed by atoms with E-state index in [0.29, 0.717) is 0 Å². The summed E-state index contributed by atoms with van der Waals surface area (Å²) in [6.45, 7) is -4.25. The molecule has 32 atom stereocenters. The van der Waals surface area contributed by atoms with E-state index < -0.39 is 277 Å². The van der Waals surface area contributed by atoms with Gasteiger partial charge in [0.15, 0.2) is 25.2 Å². The molecule has 88 heavy (non-hydrogen) atoms. The lowest BCUT2D eigenvalue weighted by molar-refractivity contribution is -0.381. The summed E-state index contributed by atoms with van der Waals surface area (Å²) in [4.78, 5) is 63.5. The van der Waals surface area contributed by atoms with Crippen LogP contribution in [0.5, 0.6) is 0 Å². The number of aliphatic carboxylic acids is 2. The third kappa shape index (κ3) is 15.8. The number of ether oxygens (including phenoxy) is 11. The quantitative estimate of drug-likeness (QED) is 0.0404. The second-order valence-electron chi connectivity index (χ2n) is 21.9. The van der Waals surface area contributed by atoms with Crippen molar-refractivity contribution in [2.75, 3.05) is 39.6 Å². The van der Waals surface area contributed by atoms with Gasteiger partial charge in [-0.15, -0.1) is 0 Å². The standard InChI is InChI=1S/C48H79N3O37/c1-12(57)49-23-16(61)5-48(46(76)77,88-38(23)26(63)17(62)6-52)86-19(8-54)29(66)39-24(50-13(2)58)15(60)4-47(87-39,45(74)75)78-11-22-27(64)31(68)34(71)43(82-22)83-36-21(10-56)81-42(25(30(36)67)51-14(3)59)85-40-28(65)18(7-53)80-44(35(40)72)84-37-20(9-55)79-41(73)33(70)32(37)69/h15-44,52-56,60-73H,4-11H2,1-3H3,(H,49,57)(H,50,58)(H,51,59)(H,74,75)(H,76,77)/t15-,16-,17+,18+,19+,20+,21+,22+,23+,24+,25+,26+,27-,28-,29+,30+,31+,32+,33+,34+,35+,36+,37+,38+,39+,40-,41+,42-,43-,44-,47+,48+/m0/s1. The number of amides is 3. The average Bonchev–Trinajstić information content (AvgIpc) is 0.821. The molecule has 508 valence electrons. The minimum Gasteiger partial charge on any atom is -0.477 e. The van der Waals surface area contributed by atoms with Gasteiger partial charge in [-0.3, -0.25) is 14.4 Å². The summed E-state index contributed by atoms with van der Waals surface area (Å²) in [6, 6.07) is -5.52. The number of carboxylic acid groups (broad SMARTS) is 2. The maximum atomic E-state index is 13.3. The molecule has 6 heterocycles. The Kier molecular flexibility index (Phi) is 25.6. The van der Waals surface area contributed by atoms with Crippen LogP contribution in [0.2, 0.25) is 0 Å². The maximum absolute atomic E-state index is 13.3. The molecule has 0 aromatic rings. The molecule has 40 heteroatoms. The van der Waals surface area contributed by atoms with Crippen molar-refractivity contribution in [2.45, 2.75) is 229 Å². The summed E-state index contributed by atoms with van der Waals surface area (Å²) in [5.41, 5.74) is 0. The molecule has 0 spiro atoms. The van der Waals surface area contributed by atoms with Crippen molar-refractivity contribution in [1.29, 1.82) is 0 Å². The first-order chi connectivity index (χ1) is 41.2. The fourth-order valence-electron chi connectivity index (χ4n) is 11.0. The van der Waals surface area contributed by atoms with Gasteiger partial charge in [0.25, 0.3) is 11.6 Å². The summed E-state index contributed by atoms with van der Waals surface area (Å²) in [7, 11) is 0. The SMILES string of the molecule is CC(=O)N[C@H]1[C@H](O[C@H]2[C@@H](O)[C@@H](CO)O[C@@H](O[C@H]3[C@H](O)[C@@H](O)[C@H](O)O[C@@H]3CO)[C@@H]2O)O[C@H](CO)[C@@H](O[C@@H]2O[C@H](CO[C@]3(C(=O)O)C[C@H](O)[C@@H](NC(C)=O)[C@H]([C@H](O)[C@@H](CO)O[C@]4(C(=O)O)C[C@H](O)[C@@H](NC(C)=O)[C@H]([C@H](O)[C@H](O)CO)O4)O3)[C@H](O)[C@@H](O)[C@H]2O)[C@@H]1O. The second-order valence-corrected chi connectivity index (χ2v) is 21.9. The summed E-state index contributed by atoms with van der Waals surface area (Å²) < 4.78 is 62.0. The number of rotatable bonds is 25. The van der Waals surface area contributed by atoms with E-state index in [1.165, 1.54) is 0 Å². The molecule has 6 aliphatic heterocycles. The van der Waals surface area contributed by atoms with Crippen molar-refractivity contribution >= 4 is 29.7 Å². The largest absolute Gasteiger partial charge is 0.477 e. The molecule has 24 N–H and O–H groups in total. The van der Waals surface area contributed by atoms with Gasteiger partial charge in [0.2, 0.25) is 17.7 Å². The smallest absolute Gasteiger partial charge is 0.364 e. The molecular weight excluding hydrogens is 1210 g/mol. The van der Waals surface area contributed by atoms with E-state index in [1.54, 1.807) is 0 Å². The van der Waals surface area contributed by atoms with Crippen molar-refractivity contribution in [3.8, 4) is 0 Å². The molecule has 0 radical (unpaired) electrons. The summed E-state index contributed by atoms with van der Waals surface area (Å²) in [6.07, 6.45) is -59.4. The predicted molar refractivity (Wildman–Crippen MR) is 268 cm³/mol. The molecule has 6 aliphatic rings. The highest BCUT2D eigenvalue weighted by Crippen LogP contribution is 2.40. The van der Waals surface area contributed by atoms with Gasteiger partial charge in [-0.1, -0.05) is 0 Å². The molecule has 6 saturated heterocycles. The van der Waals surface area contributed by atoms with E-state index in [0.717, 1.165) is 20.8 Å². The first-order valence-corrected chi connectivity index (χ1v) is 27.4. The predicted octanol–water partition coefficient (Wildman–Crippen LogP) is -15.3. The Morgan fingerprint density at radius 3 is 1.44 bits per heavy atom. The molecule has 6 rings (SSSR count). The molecule has 6 fully saturated rings. The molecule has 0 unspecified atom stereocenters. The van der Waals surface area contributed by atoms with Crippen LogP contribution in [0.15, 0.2) is 0 Å². The van der Waals surface area contributed by atoms with Crippen molar-refractivity contribution in [1.82, 2.24) is 16.0 Å². The number of aliphatic hydroxyl groups is 19. The van der Waals surface area contributed by atoms with E-state index in [1.807, 2.05) is 0 Å². The molecule has 0 bridgehead atoms. The minimum absolute atomic E-state index is 0.864. The molecule has 40 nitrogen and oxygen atoms in total. The first kappa shape index (κ1) is 73.2. The highest BCUT2D eigenvalue weighted by atomic mass is 16.8. The van der Waals surface area contributed by atoms with Gasteiger partial charge in [-0.2, -0.15) is 0 Å². The lowest BCUT2D eigenvalue weighted by atomic mass is 9.87. The topological polar surface area (TPSA) is 648 Å². The minimum atomic E-state index is -3.27. The molecule has 0 aromatic carbocycles. The van der Waals surface area contributed by atoms with E-state index in [2.05, 4.69) is 16.0 Å². The van der Waals surface area contributed by atoms with Crippen molar-refractivity contribution < 1.29 is 183 Å². The van der Waals surface area contributed by atoms with Gasteiger partial charge in [-0.05, 0) is 0 Å². The van der Waals surface area contributed by atoms with E-state index >= 15 is 0 Å². The number of aliphatic hydroxyl groups excluding tert-OH is 19. The van der Waals surface area contributed by atoms with E-state index in [4.69, 9.17) is 52.1 Å². The zero-order valence-corrected chi connectivity index (χ0v) is 46.9. The van der Waals surface area contributed by atoms with E-state index in [-0.39, 0.29) is 0 Å². The summed E-state index contributed by atoms with van der Waals surface area (Å²) in [5.74, 6) is -13.6. The number of nitrogens with one attached hydrogen (secondary N) is 3. The Morgan fingerprint density at radius 2 is 0.932 bits per heavy atom. The lowest BCUT2D eigenvalue weighted by Crippen LogP contribution is -2.71. The van der Waals surface area contributed by atoms with Crippen LogP contribution in [0.4, 0.5) is 0 Å². The third-order valence-corrected chi connectivity index (χ3v) is 15.6. The van der Waals surface area contributed by atoms with Gasteiger partial charge >= 0.3 is 11.9 Å². The van der Waals surface area contributed by atoms with Gasteiger partial charge < -0.3 is 175 Å². The van der Waals surface area contributed by atoms with Gasteiger partial charge in [0, 0.05) is 33.6 Å². The lowest BCUT2D eigenvalue weighted by Gasteiger charge is -2.50. The molecule has 3 amide bonds. The van der Waals surface area contributed by atoms with Crippen LogP contribution in [0.25, 0.3) is 0 Å². The zero-order valence-electron chi connectivity index (χ0n) is 46.9. The Bertz CT molecular complexity index is 2320. The van der Waals surface area contributed by atoms with Crippen LogP contribution < -0.4 is 16.0 Å². The summed E-state index contributed by atoms with van der Waals surface area (Å²) in [5, 5.41) is 233. The molecule has 0 aromatic heterocycles. The maximum Gasteiger partial charge on any atom is 0.364 e. The van der Waals surface area contributed by atoms with Crippen LogP contribution >= 0.6 is 0 Å². The Hall–Kier alpha value is -3.85. The van der Waals surface area contributed by atoms with Crippen molar-refractivity contribution in [2.24, 2.45) is 0 Å². The van der Waals surface area contributed by atoms with Crippen LogP contribution in [0.1, 0.15) is 33.6 Å². The number of carbonyl (C=O) groups excluding carboxylic acids is 3. The van der Waals surface area contributed by atoms with Gasteiger partial charge in [0.1, 0.15) is 134 Å². The average molecular weight is 1290 g/mol. The Balaban J connectivity index is 1.22. The van der Waals surface area contributed by atoms with Crippen LogP contribution in [0.3, 0.4) is 0 Å². The van der Waals surface area contributed by atoms with E-state index in [9.17, 15) is 131 Å². The third-order valence-electron chi connectivity index (χ3n) is 15.6. The van der Waals surface area contributed by atoms with Gasteiger partial charge in [0.05, 0.1) is 63.9 Å².